The fourth-order valence-electron chi connectivity index (χ4n) is 2.90. The predicted octanol–water partition coefficient (Wildman–Crippen LogP) is 5.11. The SMILES string of the molecule is CC/C=C(\C)C(CC)(CC)c1ccc(O)c(C)c1. The fourth-order valence-corrected chi connectivity index (χ4v) is 2.90. The van der Waals surface area contributed by atoms with E-state index in [1.54, 1.807) is 0 Å². The van der Waals surface area contributed by atoms with Crippen molar-refractivity contribution in [3.63, 3.8) is 0 Å². The zero-order valence-corrected chi connectivity index (χ0v) is 12.4. The highest BCUT2D eigenvalue weighted by Crippen LogP contribution is 2.40. The monoisotopic (exact) mass is 246 g/mol. The predicted molar refractivity (Wildman–Crippen MR) is 79.2 cm³/mol. The Morgan fingerprint density at radius 3 is 2.28 bits per heavy atom. The zero-order valence-electron chi connectivity index (χ0n) is 12.4. The van der Waals surface area contributed by atoms with Crippen LogP contribution in [0.5, 0.6) is 5.75 Å². The summed E-state index contributed by atoms with van der Waals surface area (Å²) in [6, 6.07) is 6.03. The normalized spacial score (nSPS) is 12.8. The second-order valence-electron chi connectivity index (χ2n) is 5.09. The minimum absolute atomic E-state index is 0.120. The van der Waals surface area contributed by atoms with Crippen LogP contribution in [0.1, 0.15) is 58.1 Å². The molecule has 0 heterocycles. The molecule has 0 bridgehead atoms. The first-order chi connectivity index (χ1) is 8.51. The van der Waals surface area contributed by atoms with Crippen molar-refractivity contribution < 1.29 is 5.11 Å². The van der Waals surface area contributed by atoms with Crippen molar-refractivity contribution in [1.82, 2.24) is 0 Å². The lowest BCUT2D eigenvalue weighted by molar-refractivity contribution is 0.456. The Morgan fingerprint density at radius 1 is 1.22 bits per heavy atom. The molecule has 0 saturated carbocycles. The summed E-state index contributed by atoms with van der Waals surface area (Å²) in [5, 5.41) is 9.68. The van der Waals surface area contributed by atoms with E-state index in [0.717, 1.165) is 24.8 Å². The Balaban J connectivity index is 3.35. The molecule has 0 aromatic heterocycles. The highest BCUT2D eigenvalue weighted by atomic mass is 16.3. The number of hydrogen-bond acceptors (Lipinski definition) is 1. The summed E-state index contributed by atoms with van der Waals surface area (Å²) >= 11 is 0. The quantitative estimate of drug-likeness (QED) is 0.715. The van der Waals surface area contributed by atoms with Crippen LogP contribution in [-0.4, -0.2) is 5.11 Å². The summed E-state index contributed by atoms with van der Waals surface area (Å²) in [4.78, 5) is 0. The number of aryl methyl sites for hydroxylation is 1. The molecule has 1 aromatic rings. The van der Waals surface area contributed by atoms with E-state index in [2.05, 4.69) is 45.9 Å². The van der Waals surface area contributed by atoms with E-state index in [9.17, 15) is 5.11 Å². The molecule has 0 atom stereocenters. The average Bonchev–Trinajstić information content (AvgIpc) is 2.36. The van der Waals surface area contributed by atoms with Crippen molar-refractivity contribution in [2.24, 2.45) is 0 Å². The van der Waals surface area contributed by atoms with Crippen LogP contribution < -0.4 is 0 Å². The van der Waals surface area contributed by atoms with Crippen molar-refractivity contribution >= 4 is 0 Å². The topological polar surface area (TPSA) is 20.2 Å². The Hall–Kier alpha value is -1.24. The van der Waals surface area contributed by atoms with Gasteiger partial charge in [0.15, 0.2) is 0 Å². The molecule has 1 nitrogen and oxygen atoms in total. The maximum absolute atomic E-state index is 9.68. The number of phenols is 1. The first-order valence-electron chi connectivity index (χ1n) is 6.99. The summed E-state index contributed by atoms with van der Waals surface area (Å²) in [5.41, 5.74) is 3.85. The molecule has 1 N–H and O–H groups in total. The van der Waals surface area contributed by atoms with Gasteiger partial charge in [0, 0.05) is 5.41 Å². The first kappa shape index (κ1) is 14.8. The van der Waals surface area contributed by atoms with Gasteiger partial charge in [0.25, 0.3) is 0 Å². The summed E-state index contributed by atoms with van der Waals surface area (Å²) in [6.45, 7) is 10.9. The number of rotatable bonds is 5. The molecule has 1 rings (SSSR count). The van der Waals surface area contributed by atoms with Gasteiger partial charge in [-0.05, 0) is 50.3 Å². The third-order valence-corrected chi connectivity index (χ3v) is 4.22. The van der Waals surface area contributed by atoms with Gasteiger partial charge in [-0.15, -0.1) is 0 Å². The molecule has 0 aliphatic rings. The number of hydrogen-bond donors (Lipinski definition) is 1. The molecule has 0 spiro atoms. The molecule has 1 heteroatoms. The zero-order chi connectivity index (χ0) is 13.8. The van der Waals surface area contributed by atoms with Crippen LogP contribution in [0.4, 0.5) is 0 Å². The molecule has 0 radical (unpaired) electrons. The number of benzene rings is 1. The third-order valence-electron chi connectivity index (χ3n) is 4.22. The van der Waals surface area contributed by atoms with Gasteiger partial charge < -0.3 is 5.11 Å². The summed E-state index contributed by atoms with van der Waals surface area (Å²) in [6.07, 6.45) is 5.59. The van der Waals surface area contributed by atoms with Crippen LogP contribution >= 0.6 is 0 Å². The Kier molecular flexibility index (Phi) is 5.01. The fraction of sp³-hybridized carbons (Fsp3) is 0.529. The van der Waals surface area contributed by atoms with Gasteiger partial charge in [-0.2, -0.15) is 0 Å². The van der Waals surface area contributed by atoms with E-state index in [0.29, 0.717) is 5.75 Å². The third kappa shape index (κ3) is 2.60. The number of phenolic OH excluding ortho intramolecular Hbond substituents is 1. The van der Waals surface area contributed by atoms with Crippen LogP contribution in [0.25, 0.3) is 0 Å². The van der Waals surface area contributed by atoms with Gasteiger partial charge in [0.1, 0.15) is 5.75 Å². The Morgan fingerprint density at radius 2 is 1.83 bits per heavy atom. The van der Waals surface area contributed by atoms with Gasteiger partial charge in [-0.25, -0.2) is 0 Å². The van der Waals surface area contributed by atoms with E-state index in [4.69, 9.17) is 0 Å². The van der Waals surface area contributed by atoms with Crippen LogP contribution in [0.2, 0.25) is 0 Å². The lowest BCUT2D eigenvalue weighted by Crippen LogP contribution is -2.26. The van der Waals surface area contributed by atoms with Gasteiger partial charge in [0.05, 0.1) is 0 Å². The summed E-state index contributed by atoms with van der Waals surface area (Å²) < 4.78 is 0. The van der Waals surface area contributed by atoms with Crippen molar-refractivity contribution in [3.8, 4) is 5.75 Å². The maximum atomic E-state index is 9.68. The molecular formula is C17H26O. The second kappa shape index (κ2) is 6.08. The van der Waals surface area contributed by atoms with Crippen molar-refractivity contribution in [3.05, 3.63) is 41.0 Å². The van der Waals surface area contributed by atoms with Crippen LogP contribution in [0.3, 0.4) is 0 Å². The first-order valence-corrected chi connectivity index (χ1v) is 6.99. The minimum atomic E-state index is 0.120. The lowest BCUT2D eigenvalue weighted by atomic mass is 9.70. The van der Waals surface area contributed by atoms with Crippen molar-refractivity contribution in [2.75, 3.05) is 0 Å². The van der Waals surface area contributed by atoms with Gasteiger partial charge >= 0.3 is 0 Å². The molecule has 0 aliphatic heterocycles. The summed E-state index contributed by atoms with van der Waals surface area (Å²) in [7, 11) is 0. The molecule has 0 fully saturated rings. The van der Waals surface area contributed by atoms with E-state index in [-0.39, 0.29) is 5.41 Å². The molecule has 0 unspecified atom stereocenters. The maximum Gasteiger partial charge on any atom is 0.118 e. The second-order valence-corrected chi connectivity index (χ2v) is 5.09. The molecule has 18 heavy (non-hydrogen) atoms. The summed E-state index contributed by atoms with van der Waals surface area (Å²) in [5.74, 6) is 0.386. The van der Waals surface area contributed by atoms with Crippen LogP contribution in [0.15, 0.2) is 29.8 Å². The van der Waals surface area contributed by atoms with E-state index in [1.165, 1.54) is 11.1 Å². The van der Waals surface area contributed by atoms with E-state index >= 15 is 0 Å². The van der Waals surface area contributed by atoms with Gasteiger partial charge in [-0.1, -0.05) is 44.6 Å². The lowest BCUT2D eigenvalue weighted by Gasteiger charge is -2.34. The molecular weight excluding hydrogens is 220 g/mol. The Bertz CT molecular complexity index is 425. The molecule has 100 valence electrons. The molecule has 0 aliphatic carbocycles. The van der Waals surface area contributed by atoms with E-state index < -0.39 is 0 Å². The standard InChI is InChI=1S/C17H26O/c1-6-9-14(5)17(7-2,8-3)15-10-11-16(18)13(4)12-15/h9-12,18H,6-8H2,1-5H3/b14-9+. The highest BCUT2D eigenvalue weighted by Gasteiger charge is 2.30. The smallest absolute Gasteiger partial charge is 0.118 e. The molecule has 1 aromatic carbocycles. The minimum Gasteiger partial charge on any atom is -0.508 e. The highest BCUT2D eigenvalue weighted by molar-refractivity contribution is 5.42. The van der Waals surface area contributed by atoms with Gasteiger partial charge in [-0.3, -0.25) is 0 Å². The van der Waals surface area contributed by atoms with Crippen LogP contribution in [0, 0.1) is 6.92 Å². The van der Waals surface area contributed by atoms with E-state index in [1.807, 2.05) is 13.0 Å². The number of aromatic hydroxyl groups is 1. The molecule has 0 saturated heterocycles. The Labute approximate surface area is 112 Å². The largest absolute Gasteiger partial charge is 0.508 e. The van der Waals surface area contributed by atoms with Gasteiger partial charge in [0.2, 0.25) is 0 Å². The number of allylic oxidation sites excluding steroid dienone is 2. The average molecular weight is 246 g/mol. The van der Waals surface area contributed by atoms with Crippen molar-refractivity contribution in [1.29, 1.82) is 0 Å². The van der Waals surface area contributed by atoms with Crippen molar-refractivity contribution in [2.45, 2.75) is 59.3 Å². The van der Waals surface area contributed by atoms with Crippen LogP contribution in [-0.2, 0) is 5.41 Å². The molecule has 0 amide bonds.